The topological polar surface area (TPSA) is 32.7 Å². The van der Waals surface area contributed by atoms with Gasteiger partial charge in [0, 0.05) is 17.8 Å². The zero-order chi connectivity index (χ0) is 13.3. The third kappa shape index (κ3) is 2.57. The summed E-state index contributed by atoms with van der Waals surface area (Å²) in [7, 11) is 1.61. The Morgan fingerprint density at radius 3 is 2.72 bits per heavy atom. The predicted molar refractivity (Wildman–Crippen MR) is 74.7 cm³/mol. The lowest BCUT2D eigenvalue weighted by molar-refractivity contribution is 0.107. The van der Waals surface area contributed by atoms with Crippen molar-refractivity contribution in [1.29, 1.82) is 0 Å². The Hall–Kier alpha value is -0.930. The minimum atomic E-state index is -0.204. The highest BCUT2D eigenvalue weighted by Gasteiger charge is 2.34. The largest absolute Gasteiger partial charge is 0.495 e. The molecule has 0 aliphatic carbocycles. The lowest BCUT2D eigenvalue weighted by Gasteiger charge is -2.46. The fraction of sp³-hybridized carbons (Fsp3) is 0.571. The standard InChI is InChI=1S/C14H20ClNO2/c1-14(2)9-11(17)6-7-16(14)10-4-5-13(18-3)12(15)8-10/h4-5,8,11,17H,6-7,9H2,1-3H3. The first-order valence-corrected chi connectivity index (χ1v) is 6.61. The Bertz CT molecular complexity index is 434. The van der Waals surface area contributed by atoms with Crippen LogP contribution < -0.4 is 9.64 Å². The van der Waals surface area contributed by atoms with Crippen LogP contribution in [-0.2, 0) is 0 Å². The van der Waals surface area contributed by atoms with Crippen molar-refractivity contribution in [3.05, 3.63) is 23.2 Å². The molecule has 1 aromatic rings. The molecule has 100 valence electrons. The Kier molecular flexibility index (Phi) is 3.74. The molecular weight excluding hydrogens is 250 g/mol. The summed E-state index contributed by atoms with van der Waals surface area (Å²) in [6.45, 7) is 5.14. The molecule has 0 radical (unpaired) electrons. The maximum atomic E-state index is 9.77. The second-order valence-corrected chi connectivity index (χ2v) is 5.84. The van der Waals surface area contributed by atoms with Crippen LogP contribution in [0.4, 0.5) is 5.69 Å². The van der Waals surface area contributed by atoms with Gasteiger partial charge in [-0.05, 0) is 44.9 Å². The number of benzene rings is 1. The van der Waals surface area contributed by atoms with E-state index in [4.69, 9.17) is 16.3 Å². The van der Waals surface area contributed by atoms with Gasteiger partial charge in [-0.3, -0.25) is 0 Å². The fourth-order valence-corrected chi connectivity index (χ4v) is 2.92. The van der Waals surface area contributed by atoms with Crippen LogP contribution in [0.25, 0.3) is 0 Å². The van der Waals surface area contributed by atoms with Crippen molar-refractivity contribution in [2.45, 2.75) is 38.3 Å². The van der Waals surface area contributed by atoms with Gasteiger partial charge in [-0.25, -0.2) is 0 Å². The van der Waals surface area contributed by atoms with E-state index < -0.39 is 0 Å². The molecule has 1 aliphatic rings. The van der Waals surface area contributed by atoms with Crippen LogP contribution in [0.1, 0.15) is 26.7 Å². The smallest absolute Gasteiger partial charge is 0.137 e. The highest BCUT2D eigenvalue weighted by atomic mass is 35.5. The number of rotatable bonds is 2. The molecule has 1 aliphatic heterocycles. The first-order chi connectivity index (χ1) is 8.44. The van der Waals surface area contributed by atoms with Crippen LogP contribution in [0.5, 0.6) is 5.75 Å². The summed E-state index contributed by atoms with van der Waals surface area (Å²) in [6, 6.07) is 5.84. The Balaban J connectivity index is 2.28. The lowest BCUT2D eigenvalue weighted by atomic mass is 9.88. The number of hydrogen-bond donors (Lipinski definition) is 1. The van der Waals surface area contributed by atoms with Gasteiger partial charge in [-0.1, -0.05) is 11.6 Å². The summed E-state index contributed by atoms with van der Waals surface area (Å²) >= 11 is 6.17. The number of ether oxygens (including phenoxy) is 1. The van der Waals surface area contributed by atoms with Gasteiger partial charge in [0.05, 0.1) is 18.2 Å². The second-order valence-electron chi connectivity index (χ2n) is 5.43. The molecule has 0 saturated carbocycles. The molecule has 0 spiro atoms. The third-order valence-electron chi connectivity index (χ3n) is 3.60. The van der Waals surface area contributed by atoms with Crippen LogP contribution in [0.15, 0.2) is 18.2 Å². The first kappa shape index (κ1) is 13.5. The lowest BCUT2D eigenvalue weighted by Crippen LogP contribution is -2.51. The summed E-state index contributed by atoms with van der Waals surface area (Å²) in [5.41, 5.74) is 1.02. The number of hydrogen-bond acceptors (Lipinski definition) is 3. The van der Waals surface area contributed by atoms with Crippen molar-refractivity contribution in [2.24, 2.45) is 0 Å². The van der Waals surface area contributed by atoms with Crippen molar-refractivity contribution in [1.82, 2.24) is 0 Å². The van der Waals surface area contributed by atoms with E-state index in [1.807, 2.05) is 18.2 Å². The van der Waals surface area contributed by atoms with Gasteiger partial charge >= 0.3 is 0 Å². The summed E-state index contributed by atoms with van der Waals surface area (Å²) < 4.78 is 5.17. The SMILES string of the molecule is COc1ccc(N2CCC(O)CC2(C)C)cc1Cl. The van der Waals surface area contributed by atoms with E-state index in [2.05, 4.69) is 18.7 Å². The molecule has 1 heterocycles. The van der Waals surface area contributed by atoms with Crippen LogP contribution in [0.2, 0.25) is 5.02 Å². The Morgan fingerprint density at radius 1 is 1.44 bits per heavy atom. The van der Waals surface area contributed by atoms with Crippen molar-refractivity contribution >= 4 is 17.3 Å². The average Bonchev–Trinajstić information content (AvgIpc) is 2.27. The molecule has 18 heavy (non-hydrogen) atoms. The molecule has 1 atom stereocenters. The fourth-order valence-electron chi connectivity index (χ4n) is 2.67. The molecule has 1 N–H and O–H groups in total. The van der Waals surface area contributed by atoms with Gasteiger partial charge in [0.2, 0.25) is 0 Å². The maximum Gasteiger partial charge on any atom is 0.137 e. The molecule has 2 rings (SSSR count). The molecule has 4 heteroatoms. The van der Waals surface area contributed by atoms with Gasteiger partial charge in [-0.15, -0.1) is 0 Å². The van der Waals surface area contributed by atoms with E-state index in [0.717, 1.165) is 25.1 Å². The van der Waals surface area contributed by atoms with Gasteiger partial charge in [0.25, 0.3) is 0 Å². The van der Waals surface area contributed by atoms with Crippen molar-refractivity contribution in [3.8, 4) is 5.75 Å². The Morgan fingerprint density at radius 2 is 2.17 bits per heavy atom. The van der Waals surface area contributed by atoms with Gasteiger partial charge in [0.1, 0.15) is 5.75 Å². The molecule has 0 bridgehead atoms. The Labute approximate surface area is 113 Å². The minimum Gasteiger partial charge on any atom is -0.495 e. The van der Waals surface area contributed by atoms with E-state index in [1.165, 1.54) is 0 Å². The number of piperidine rings is 1. The minimum absolute atomic E-state index is 0.0599. The van der Waals surface area contributed by atoms with E-state index in [1.54, 1.807) is 7.11 Å². The van der Waals surface area contributed by atoms with Crippen molar-refractivity contribution in [2.75, 3.05) is 18.6 Å². The molecule has 1 fully saturated rings. The number of methoxy groups -OCH3 is 1. The van der Waals surface area contributed by atoms with E-state index in [-0.39, 0.29) is 11.6 Å². The number of aliphatic hydroxyl groups excluding tert-OH is 1. The highest BCUT2D eigenvalue weighted by Crippen LogP contribution is 2.36. The number of aliphatic hydroxyl groups is 1. The summed E-state index contributed by atoms with van der Waals surface area (Å²) in [5.74, 6) is 0.690. The second kappa shape index (κ2) is 4.98. The molecule has 1 saturated heterocycles. The van der Waals surface area contributed by atoms with Crippen LogP contribution in [0, 0.1) is 0 Å². The zero-order valence-electron chi connectivity index (χ0n) is 11.1. The predicted octanol–water partition coefficient (Wildman–Crippen LogP) is 3.09. The maximum absolute atomic E-state index is 9.77. The number of nitrogens with zero attached hydrogens (tertiary/aromatic N) is 1. The quantitative estimate of drug-likeness (QED) is 0.896. The zero-order valence-corrected chi connectivity index (χ0v) is 11.9. The third-order valence-corrected chi connectivity index (χ3v) is 3.89. The average molecular weight is 270 g/mol. The molecule has 1 aromatic carbocycles. The number of anilines is 1. The van der Waals surface area contributed by atoms with Crippen molar-refractivity contribution < 1.29 is 9.84 Å². The summed E-state index contributed by atoms with van der Waals surface area (Å²) in [5, 5.41) is 10.4. The normalized spacial score (nSPS) is 22.9. The van der Waals surface area contributed by atoms with Crippen molar-refractivity contribution in [3.63, 3.8) is 0 Å². The monoisotopic (exact) mass is 269 g/mol. The molecule has 1 unspecified atom stereocenters. The number of halogens is 1. The molecular formula is C14H20ClNO2. The van der Waals surface area contributed by atoms with Gasteiger partial charge < -0.3 is 14.7 Å². The summed E-state index contributed by atoms with van der Waals surface area (Å²) in [6.07, 6.45) is 1.37. The summed E-state index contributed by atoms with van der Waals surface area (Å²) in [4.78, 5) is 2.30. The highest BCUT2D eigenvalue weighted by molar-refractivity contribution is 6.32. The van der Waals surface area contributed by atoms with Crippen LogP contribution in [0.3, 0.4) is 0 Å². The first-order valence-electron chi connectivity index (χ1n) is 6.23. The van der Waals surface area contributed by atoms with Crippen LogP contribution in [-0.4, -0.2) is 30.4 Å². The van der Waals surface area contributed by atoms with E-state index in [0.29, 0.717) is 10.8 Å². The van der Waals surface area contributed by atoms with Gasteiger partial charge in [0.15, 0.2) is 0 Å². The van der Waals surface area contributed by atoms with Crippen LogP contribution >= 0.6 is 11.6 Å². The van der Waals surface area contributed by atoms with E-state index >= 15 is 0 Å². The molecule has 3 nitrogen and oxygen atoms in total. The van der Waals surface area contributed by atoms with E-state index in [9.17, 15) is 5.11 Å². The van der Waals surface area contributed by atoms with Gasteiger partial charge in [-0.2, -0.15) is 0 Å². The molecule has 0 aromatic heterocycles. The molecule has 0 amide bonds.